The predicted molar refractivity (Wildman–Crippen MR) is 119 cm³/mol. The number of hydrogen-bond donors (Lipinski definition) is 0. The molecule has 1 aromatic carbocycles. The number of morpholine rings is 1. The van der Waals surface area contributed by atoms with E-state index < -0.39 is 0 Å². The average Bonchev–Trinajstić information content (AvgIpc) is 2.73. The number of allylic oxidation sites excluding steroid dienone is 1. The summed E-state index contributed by atoms with van der Waals surface area (Å²) >= 11 is 13.1. The van der Waals surface area contributed by atoms with Crippen molar-refractivity contribution in [3.8, 4) is 6.07 Å². The van der Waals surface area contributed by atoms with E-state index in [9.17, 15) is 4.79 Å². The van der Waals surface area contributed by atoms with Gasteiger partial charge in [-0.1, -0.05) is 34.9 Å². The van der Waals surface area contributed by atoms with Gasteiger partial charge in [0.15, 0.2) is 0 Å². The van der Waals surface area contributed by atoms with Gasteiger partial charge in [0, 0.05) is 23.8 Å². The fourth-order valence-corrected chi connectivity index (χ4v) is 4.14. The molecule has 0 radical (unpaired) electrons. The molecular formula is C23H23Cl2N3O2. The van der Waals surface area contributed by atoms with Gasteiger partial charge in [0.2, 0.25) is 0 Å². The number of nitriles is 1. The minimum absolute atomic E-state index is 0.106. The first kappa shape index (κ1) is 22.3. The molecule has 0 N–H and O–H groups in total. The summed E-state index contributed by atoms with van der Waals surface area (Å²) < 4.78 is 5.32. The summed E-state index contributed by atoms with van der Waals surface area (Å²) in [5, 5.41) is 10.00. The number of ether oxygens (including phenoxy) is 1. The van der Waals surface area contributed by atoms with Crippen LogP contribution in [0.1, 0.15) is 45.4 Å². The van der Waals surface area contributed by atoms with Crippen LogP contribution in [-0.2, 0) is 11.2 Å². The highest BCUT2D eigenvalue weighted by atomic mass is 35.5. The number of nitrogens with zero attached hydrogens (tertiary/aromatic N) is 3. The van der Waals surface area contributed by atoms with Gasteiger partial charge in [-0.25, -0.2) is 4.98 Å². The maximum atomic E-state index is 12.9. The van der Waals surface area contributed by atoms with E-state index in [4.69, 9.17) is 33.2 Å². The molecule has 1 saturated heterocycles. The number of halogens is 2. The molecule has 5 nitrogen and oxygen atoms in total. The number of carbonyl (C=O) groups excluding carboxylic acids is 1. The molecule has 0 saturated carbocycles. The summed E-state index contributed by atoms with van der Waals surface area (Å²) in [7, 11) is 0. The Balaban J connectivity index is 1.90. The second kappa shape index (κ2) is 9.61. The zero-order chi connectivity index (χ0) is 21.8. The van der Waals surface area contributed by atoms with Crippen molar-refractivity contribution in [3.63, 3.8) is 0 Å². The SMILES string of the molecule is C/C(=C\c1c(C)cc(C#N)nc1C)Cc1c(Cl)ccc(C(=O)N2CCOCC2)c1Cl. The molecule has 30 heavy (non-hydrogen) atoms. The molecule has 0 atom stereocenters. The molecule has 1 fully saturated rings. The molecule has 1 aromatic heterocycles. The summed E-state index contributed by atoms with van der Waals surface area (Å²) in [4.78, 5) is 19.0. The van der Waals surface area contributed by atoms with E-state index >= 15 is 0 Å². The van der Waals surface area contributed by atoms with E-state index in [1.54, 1.807) is 23.1 Å². The third kappa shape index (κ3) is 4.84. The molecule has 2 aromatic rings. The fourth-order valence-electron chi connectivity index (χ4n) is 3.55. The van der Waals surface area contributed by atoms with Gasteiger partial charge in [0.25, 0.3) is 5.91 Å². The van der Waals surface area contributed by atoms with Crippen molar-refractivity contribution >= 4 is 35.2 Å². The zero-order valence-electron chi connectivity index (χ0n) is 17.3. The average molecular weight is 444 g/mol. The molecule has 156 valence electrons. The number of pyridine rings is 1. The van der Waals surface area contributed by atoms with Gasteiger partial charge in [-0.2, -0.15) is 5.26 Å². The second-order valence-electron chi connectivity index (χ2n) is 7.39. The van der Waals surface area contributed by atoms with E-state index in [0.29, 0.717) is 54.0 Å². The molecule has 0 unspecified atom stereocenters. The Morgan fingerprint density at radius 2 is 2.00 bits per heavy atom. The minimum atomic E-state index is -0.106. The van der Waals surface area contributed by atoms with Crippen molar-refractivity contribution in [2.45, 2.75) is 27.2 Å². The standard InChI is InChI=1S/C23H23Cl2N3O2/c1-14(10-19-15(2)12-17(13-26)27-16(19)3)11-20-21(24)5-4-18(22(20)25)23(29)28-6-8-30-9-7-28/h4-5,10,12H,6-9,11H2,1-3H3/b14-10+. The lowest BCUT2D eigenvalue weighted by Gasteiger charge is -2.27. The Kier molecular flexibility index (Phi) is 7.14. The lowest BCUT2D eigenvalue weighted by molar-refractivity contribution is 0.0303. The van der Waals surface area contributed by atoms with Crippen LogP contribution in [0.2, 0.25) is 10.0 Å². The summed E-state index contributed by atoms with van der Waals surface area (Å²) in [5.41, 5.74) is 5.35. The van der Waals surface area contributed by atoms with Crippen LogP contribution >= 0.6 is 23.2 Å². The van der Waals surface area contributed by atoms with Crippen LogP contribution in [0.5, 0.6) is 0 Å². The van der Waals surface area contributed by atoms with Gasteiger partial charge in [-0.05, 0) is 62.1 Å². The Hall–Kier alpha value is -2.39. The molecular weight excluding hydrogens is 421 g/mol. The largest absolute Gasteiger partial charge is 0.378 e. The Labute approximate surface area is 186 Å². The first-order valence-corrected chi connectivity index (χ1v) is 10.5. The van der Waals surface area contributed by atoms with E-state index in [0.717, 1.165) is 28.0 Å². The molecule has 2 heterocycles. The summed E-state index contributed by atoms with van der Waals surface area (Å²) in [6.45, 7) is 7.99. The lowest BCUT2D eigenvalue weighted by atomic mass is 9.98. The van der Waals surface area contributed by atoms with Gasteiger partial charge in [0.05, 0.1) is 23.8 Å². The smallest absolute Gasteiger partial charge is 0.255 e. The van der Waals surface area contributed by atoms with Crippen molar-refractivity contribution in [1.82, 2.24) is 9.88 Å². The number of hydrogen-bond acceptors (Lipinski definition) is 4. The Morgan fingerprint density at radius 1 is 1.30 bits per heavy atom. The van der Waals surface area contributed by atoms with Gasteiger partial charge < -0.3 is 9.64 Å². The zero-order valence-corrected chi connectivity index (χ0v) is 18.8. The van der Waals surface area contributed by atoms with Crippen LogP contribution in [0.3, 0.4) is 0 Å². The van der Waals surface area contributed by atoms with Crippen LogP contribution in [-0.4, -0.2) is 42.1 Å². The summed E-state index contributed by atoms with van der Waals surface area (Å²) in [6.07, 6.45) is 2.53. The van der Waals surface area contributed by atoms with Crippen molar-refractivity contribution in [1.29, 1.82) is 5.26 Å². The highest BCUT2D eigenvalue weighted by Crippen LogP contribution is 2.32. The molecule has 0 spiro atoms. The Bertz CT molecular complexity index is 1030. The van der Waals surface area contributed by atoms with Gasteiger partial charge >= 0.3 is 0 Å². The van der Waals surface area contributed by atoms with Crippen molar-refractivity contribution in [2.24, 2.45) is 0 Å². The monoisotopic (exact) mass is 443 g/mol. The van der Waals surface area contributed by atoms with Crippen molar-refractivity contribution in [3.05, 3.63) is 67.5 Å². The first-order valence-electron chi connectivity index (χ1n) is 9.71. The number of carbonyl (C=O) groups is 1. The minimum Gasteiger partial charge on any atom is -0.378 e. The topological polar surface area (TPSA) is 66.2 Å². The maximum Gasteiger partial charge on any atom is 0.255 e. The molecule has 1 amide bonds. The number of aromatic nitrogens is 1. The maximum absolute atomic E-state index is 12.9. The predicted octanol–water partition coefficient (Wildman–Crippen LogP) is 5.00. The van der Waals surface area contributed by atoms with Crippen molar-refractivity contribution in [2.75, 3.05) is 26.3 Å². The van der Waals surface area contributed by atoms with E-state index in [2.05, 4.69) is 11.1 Å². The first-order chi connectivity index (χ1) is 14.3. The highest BCUT2D eigenvalue weighted by Gasteiger charge is 2.23. The van der Waals surface area contributed by atoms with Crippen LogP contribution < -0.4 is 0 Å². The lowest BCUT2D eigenvalue weighted by Crippen LogP contribution is -2.40. The van der Waals surface area contributed by atoms with Crippen LogP contribution in [0.15, 0.2) is 23.8 Å². The normalized spacial score (nSPS) is 14.5. The Morgan fingerprint density at radius 3 is 2.63 bits per heavy atom. The molecule has 3 rings (SSSR count). The summed E-state index contributed by atoms with van der Waals surface area (Å²) in [6, 6.07) is 7.26. The molecule has 7 heteroatoms. The fraction of sp³-hybridized carbons (Fsp3) is 0.348. The van der Waals surface area contributed by atoms with E-state index in [1.807, 2.05) is 26.8 Å². The second-order valence-corrected chi connectivity index (χ2v) is 8.18. The number of aryl methyl sites for hydroxylation is 2. The third-order valence-corrected chi connectivity index (χ3v) is 5.92. The third-order valence-electron chi connectivity index (χ3n) is 5.13. The van der Waals surface area contributed by atoms with Gasteiger partial charge in [-0.3, -0.25) is 4.79 Å². The summed E-state index contributed by atoms with van der Waals surface area (Å²) in [5.74, 6) is -0.106. The molecule has 0 bridgehead atoms. The van der Waals surface area contributed by atoms with Crippen LogP contribution in [0, 0.1) is 25.2 Å². The van der Waals surface area contributed by atoms with Gasteiger partial charge in [0.1, 0.15) is 11.8 Å². The molecule has 1 aliphatic rings. The number of rotatable bonds is 4. The molecule has 0 aliphatic carbocycles. The molecule has 1 aliphatic heterocycles. The van der Waals surface area contributed by atoms with E-state index in [-0.39, 0.29) is 5.91 Å². The van der Waals surface area contributed by atoms with Gasteiger partial charge in [-0.15, -0.1) is 0 Å². The number of benzene rings is 1. The van der Waals surface area contributed by atoms with Crippen LogP contribution in [0.25, 0.3) is 6.08 Å². The number of amides is 1. The van der Waals surface area contributed by atoms with Crippen molar-refractivity contribution < 1.29 is 9.53 Å². The van der Waals surface area contributed by atoms with Crippen LogP contribution in [0.4, 0.5) is 0 Å². The quantitative estimate of drug-likeness (QED) is 0.666. The highest BCUT2D eigenvalue weighted by molar-refractivity contribution is 6.38. The van der Waals surface area contributed by atoms with E-state index in [1.165, 1.54) is 0 Å².